The smallest absolute Gasteiger partial charge is 0.152 e. The highest BCUT2D eigenvalue weighted by molar-refractivity contribution is 6.29. The predicted molar refractivity (Wildman–Crippen MR) is 66.2 cm³/mol. The van der Waals surface area contributed by atoms with Gasteiger partial charge in [0, 0.05) is 16.8 Å². The summed E-state index contributed by atoms with van der Waals surface area (Å²) in [5.74, 6) is 0. The molecular weight excluding hydrogens is 236 g/mol. The fraction of sp³-hybridized carbons (Fsp3) is 0.0833. The van der Waals surface area contributed by atoms with Crippen LogP contribution in [0.1, 0.15) is 5.69 Å². The van der Waals surface area contributed by atoms with E-state index in [9.17, 15) is 0 Å². The Morgan fingerprint density at radius 1 is 1.24 bits per heavy atom. The van der Waals surface area contributed by atoms with Crippen LogP contribution in [-0.2, 0) is 6.42 Å². The lowest BCUT2D eigenvalue weighted by atomic mass is 10.0. The van der Waals surface area contributed by atoms with Gasteiger partial charge in [0.15, 0.2) is 5.15 Å². The van der Waals surface area contributed by atoms with Gasteiger partial charge in [-0.15, -0.1) is 5.10 Å². The van der Waals surface area contributed by atoms with Crippen molar-refractivity contribution in [1.29, 1.82) is 5.26 Å². The van der Waals surface area contributed by atoms with Crippen molar-refractivity contribution in [3.05, 3.63) is 41.2 Å². The van der Waals surface area contributed by atoms with Gasteiger partial charge in [-0.2, -0.15) is 10.4 Å². The van der Waals surface area contributed by atoms with Crippen molar-refractivity contribution in [2.75, 3.05) is 5.73 Å². The lowest BCUT2D eigenvalue weighted by Gasteiger charge is -2.08. The maximum atomic E-state index is 8.75. The minimum atomic E-state index is 0.174. The van der Waals surface area contributed by atoms with Crippen LogP contribution < -0.4 is 5.73 Å². The van der Waals surface area contributed by atoms with Crippen LogP contribution in [0.2, 0.25) is 5.15 Å². The number of hydrogen-bond donors (Lipinski definition) is 1. The summed E-state index contributed by atoms with van der Waals surface area (Å²) in [5, 5.41) is 16.7. The minimum absolute atomic E-state index is 0.174. The Morgan fingerprint density at radius 2 is 2.00 bits per heavy atom. The van der Waals surface area contributed by atoms with Gasteiger partial charge < -0.3 is 5.73 Å². The van der Waals surface area contributed by atoms with Crippen LogP contribution in [0.25, 0.3) is 11.1 Å². The number of hydrogen-bond acceptors (Lipinski definition) is 4. The lowest BCUT2D eigenvalue weighted by Crippen LogP contribution is -1.98. The summed E-state index contributed by atoms with van der Waals surface area (Å²) < 4.78 is 0. The second kappa shape index (κ2) is 4.81. The molecule has 5 heteroatoms. The van der Waals surface area contributed by atoms with E-state index < -0.39 is 0 Å². The molecule has 84 valence electrons. The lowest BCUT2D eigenvalue weighted by molar-refractivity contribution is 0.955. The van der Waals surface area contributed by atoms with Crippen molar-refractivity contribution in [2.45, 2.75) is 6.42 Å². The van der Waals surface area contributed by atoms with E-state index in [2.05, 4.69) is 10.2 Å². The number of nitrogens with two attached hydrogens (primary N) is 1. The van der Waals surface area contributed by atoms with Gasteiger partial charge in [-0.1, -0.05) is 29.8 Å². The van der Waals surface area contributed by atoms with Gasteiger partial charge in [-0.05, 0) is 12.1 Å². The van der Waals surface area contributed by atoms with Crippen LogP contribution in [0.15, 0.2) is 30.3 Å². The van der Waals surface area contributed by atoms with Gasteiger partial charge in [-0.3, -0.25) is 0 Å². The molecule has 0 spiro atoms. The monoisotopic (exact) mass is 244 g/mol. The molecular formula is C12H9ClN4. The summed E-state index contributed by atoms with van der Waals surface area (Å²) in [4.78, 5) is 0. The number of nitrogens with zero attached hydrogens (tertiary/aromatic N) is 3. The van der Waals surface area contributed by atoms with Gasteiger partial charge in [-0.25, -0.2) is 0 Å². The number of benzene rings is 1. The number of para-hydroxylation sites is 1. The Hall–Kier alpha value is -2.12. The standard InChI is InChI=1S/C12H9ClN4/c13-12-7-9(11(5-6-14)16-17-12)8-3-1-2-4-10(8)15/h1-4,7H,5,15H2. The molecule has 0 amide bonds. The van der Waals surface area contributed by atoms with E-state index in [1.165, 1.54) is 0 Å². The van der Waals surface area contributed by atoms with Crippen molar-refractivity contribution in [3.8, 4) is 17.2 Å². The highest BCUT2D eigenvalue weighted by Crippen LogP contribution is 2.29. The molecule has 0 aliphatic rings. The maximum absolute atomic E-state index is 8.75. The Balaban J connectivity index is 2.62. The second-order valence-corrected chi connectivity index (χ2v) is 3.84. The normalized spacial score (nSPS) is 9.88. The molecule has 1 aromatic heterocycles. The number of anilines is 1. The van der Waals surface area contributed by atoms with Gasteiger partial charge in [0.25, 0.3) is 0 Å². The van der Waals surface area contributed by atoms with Gasteiger partial charge in [0.1, 0.15) is 0 Å². The molecule has 0 aliphatic heterocycles. The molecule has 0 fully saturated rings. The Bertz CT molecular complexity index is 589. The Morgan fingerprint density at radius 3 is 2.71 bits per heavy atom. The van der Waals surface area contributed by atoms with E-state index in [1.54, 1.807) is 12.1 Å². The van der Waals surface area contributed by atoms with E-state index in [1.807, 2.05) is 24.3 Å². The fourth-order valence-electron chi connectivity index (χ4n) is 1.57. The third kappa shape index (κ3) is 2.35. The summed E-state index contributed by atoms with van der Waals surface area (Å²) >= 11 is 5.82. The van der Waals surface area contributed by atoms with Crippen molar-refractivity contribution in [2.24, 2.45) is 0 Å². The van der Waals surface area contributed by atoms with Crippen LogP contribution in [0.4, 0.5) is 5.69 Å². The summed E-state index contributed by atoms with van der Waals surface area (Å²) in [6.45, 7) is 0. The van der Waals surface area contributed by atoms with Crippen molar-refractivity contribution < 1.29 is 0 Å². The minimum Gasteiger partial charge on any atom is -0.398 e. The third-order valence-electron chi connectivity index (χ3n) is 2.34. The number of nitrogen functional groups attached to an aromatic ring is 1. The molecule has 0 aliphatic carbocycles. The number of nitriles is 1. The van der Waals surface area contributed by atoms with Crippen molar-refractivity contribution >= 4 is 17.3 Å². The molecule has 2 N–H and O–H groups in total. The molecule has 0 unspecified atom stereocenters. The average Bonchev–Trinajstić information content (AvgIpc) is 2.32. The van der Waals surface area contributed by atoms with Crippen LogP contribution >= 0.6 is 11.6 Å². The quantitative estimate of drug-likeness (QED) is 0.824. The summed E-state index contributed by atoms with van der Waals surface area (Å²) in [5.41, 5.74) is 8.66. The van der Waals surface area contributed by atoms with Gasteiger partial charge >= 0.3 is 0 Å². The molecule has 2 rings (SSSR count). The largest absolute Gasteiger partial charge is 0.398 e. The number of aromatic nitrogens is 2. The highest BCUT2D eigenvalue weighted by atomic mass is 35.5. The number of rotatable bonds is 2. The van der Waals surface area contributed by atoms with Crippen LogP contribution in [0.3, 0.4) is 0 Å². The fourth-order valence-corrected chi connectivity index (χ4v) is 1.72. The first-order chi connectivity index (χ1) is 8.22. The zero-order valence-corrected chi connectivity index (χ0v) is 9.65. The first-order valence-electron chi connectivity index (χ1n) is 4.96. The van der Waals surface area contributed by atoms with E-state index in [0.717, 1.165) is 11.1 Å². The molecule has 0 bridgehead atoms. The number of halogens is 1. The SMILES string of the molecule is N#CCc1nnc(Cl)cc1-c1ccccc1N. The Kier molecular flexibility index (Phi) is 3.22. The first-order valence-corrected chi connectivity index (χ1v) is 5.34. The third-order valence-corrected chi connectivity index (χ3v) is 2.52. The molecule has 0 atom stereocenters. The molecule has 4 nitrogen and oxygen atoms in total. The predicted octanol–water partition coefficient (Wildman–Crippen LogP) is 2.45. The molecule has 1 heterocycles. The average molecular weight is 245 g/mol. The molecule has 2 aromatic rings. The van der Waals surface area contributed by atoms with Crippen molar-refractivity contribution in [1.82, 2.24) is 10.2 Å². The van der Waals surface area contributed by atoms with Gasteiger partial charge in [0.2, 0.25) is 0 Å². The van der Waals surface area contributed by atoms with Crippen LogP contribution in [0, 0.1) is 11.3 Å². The van der Waals surface area contributed by atoms with Crippen LogP contribution in [-0.4, -0.2) is 10.2 Å². The van der Waals surface area contributed by atoms with E-state index in [-0.39, 0.29) is 11.6 Å². The summed E-state index contributed by atoms with van der Waals surface area (Å²) in [7, 11) is 0. The second-order valence-electron chi connectivity index (χ2n) is 3.45. The molecule has 1 aromatic carbocycles. The first kappa shape index (κ1) is 11.4. The molecule has 0 saturated carbocycles. The highest BCUT2D eigenvalue weighted by Gasteiger charge is 2.10. The van der Waals surface area contributed by atoms with Crippen LogP contribution in [0.5, 0.6) is 0 Å². The van der Waals surface area contributed by atoms with E-state index >= 15 is 0 Å². The van der Waals surface area contributed by atoms with E-state index in [0.29, 0.717) is 11.4 Å². The van der Waals surface area contributed by atoms with Gasteiger partial charge in [0.05, 0.1) is 18.2 Å². The molecule has 17 heavy (non-hydrogen) atoms. The zero-order valence-electron chi connectivity index (χ0n) is 8.89. The van der Waals surface area contributed by atoms with E-state index in [4.69, 9.17) is 22.6 Å². The topological polar surface area (TPSA) is 75.6 Å². The molecule has 0 saturated heterocycles. The maximum Gasteiger partial charge on any atom is 0.152 e. The zero-order chi connectivity index (χ0) is 12.3. The Labute approximate surface area is 104 Å². The van der Waals surface area contributed by atoms with Crippen molar-refractivity contribution in [3.63, 3.8) is 0 Å². The summed E-state index contributed by atoms with van der Waals surface area (Å²) in [6, 6.07) is 11.1. The summed E-state index contributed by atoms with van der Waals surface area (Å²) in [6.07, 6.45) is 0.174. The molecule has 0 radical (unpaired) electrons.